The van der Waals surface area contributed by atoms with Crippen LogP contribution >= 0.6 is 15.9 Å². The van der Waals surface area contributed by atoms with Crippen molar-refractivity contribution in [3.8, 4) is 5.75 Å². The summed E-state index contributed by atoms with van der Waals surface area (Å²) in [4.78, 5) is 0. The van der Waals surface area contributed by atoms with Gasteiger partial charge >= 0.3 is 0 Å². The number of hydrogen-bond acceptors (Lipinski definition) is 3. The van der Waals surface area contributed by atoms with Crippen molar-refractivity contribution >= 4 is 15.9 Å². The van der Waals surface area contributed by atoms with Crippen molar-refractivity contribution in [3.05, 3.63) is 45.7 Å². The molecule has 0 saturated heterocycles. The molecule has 20 heavy (non-hydrogen) atoms. The summed E-state index contributed by atoms with van der Waals surface area (Å²) < 4.78 is 8.08. The van der Waals surface area contributed by atoms with Gasteiger partial charge in [-0.1, -0.05) is 28.1 Å². The second-order valence-electron chi connectivity index (χ2n) is 5.05. The largest absolute Gasteiger partial charge is 0.493 e. The summed E-state index contributed by atoms with van der Waals surface area (Å²) in [5.41, 5.74) is 2.62. The number of aliphatic hydroxyl groups is 1. The highest BCUT2D eigenvalue weighted by Gasteiger charge is 2.23. The van der Waals surface area contributed by atoms with Gasteiger partial charge in [0.05, 0.1) is 13.3 Å². The Morgan fingerprint density at radius 2 is 2.05 bits per heavy atom. The van der Waals surface area contributed by atoms with Crippen LogP contribution in [0.25, 0.3) is 0 Å². The lowest BCUT2D eigenvalue weighted by Gasteiger charge is -2.18. The zero-order chi connectivity index (χ0) is 14.9. The Kier molecular flexibility index (Phi) is 4.50. The summed E-state index contributed by atoms with van der Waals surface area (Å²) in [5.74, 6) is 0.600. The van der Waals surface area contributed by atoms with Crippen LogP contribution in [0.2, 0.25) is 0 Å². The molecule has 1 aromatic carbocycles. The van der Waals surface area contributed by atoms with Crippen LogP contribution in [-0.2, 0) is 0 Å². The first-order valence-corrected chi connectivity index (χ1v) is 7.30. The number of ether oxygens (including phenoxy) is 1. The fourth-order valence-electron chi connectivity index (χ4n) is 2.12. The number of nitrogens with zero attached hydrogens (tertiary/aromatic N) is 2. The van der Waals surface area contributed by atoms with Crippen molar-refractivity contribution < 1.29 is 9.84 Å². The minimum Gasteiger partial charge on any atom is -0.493 e. The average molecular weight is 339 g/mol. The Bertz CT molecular complexity index is 608. The van der Waals surface area contributed by atoms with Crippen molar-refractivity contribution in [2.75, 3.05) is 7.11 Å². The summed E-state index contributed by atoms with van der Waals surface area (Å²) in [5, 5.41) is 15.0. The minimum atomic E-state index is -0.772. The summed E-state index contributed by atoms with van der Waals surface area (Å²) in [6.07, 6.45) is 0.869. The van der Waals surface area contributed by atoms with Gasteiger partial charge < -0.3 is 9.84 Å². The number of aromatic nitrogens is 2. The molecule has 0 amide bonds. The highest BCUT2D eigenvalue weighted by Crippen LogP contribution is 2.33. The third-order valence-corrected chi connectivity index (χ3v) is 4.13. The lowest BCUT2D eigenvalue weighted by molar-refractivity contribution is 0.199. The van der Waals surface area contributed by atoms with E-state index in [0.717, 1.165) is 15.6 Å². The van der Waals surface area contributed by atoms with E-state index in [1.165, 1.54) is 0 Å². The fourth-order valence-corrected chi connectivity index (χ4v) is 2.52. The van der Waals surface area contributed by atoms with E-state index in [1.54, 1.807) is 18.0 Å². The molecule has 2 rings (SSSR count). The third kappa shape index (κ3) is 2.74. The summed E-state index contributed by atoms with van der Waals surface area (Å²) >= 11 is 3.50. The molecule has 1 N–H and O–H groups in total. The Balaban J connectivity index is 2.49. The molecule has 0 aliphatic heterocycles. The van der Waals surface area contributed by atoms with Gasteiger partial charge in [0.25, 0.3) is 0 Å². The van der Waals surface area contributed by atoms with Crippen LogP contribution in [0, 0.1) is 6.92 Å². The van der Waals surface area contributed by atoms with Crippen LogP contribution in [-0.4, -0.2) is 22.0 Å². The third-order valence-electron chi connectivity index (χ3n) is 3.28. The Morgan fingerprint density at radius 1 is 1.35 bits per heavy atom. The minimum absolute atomic E-state index is 0.150. The quantitative estimate of drug-likeness (QED) is 0.925. The molecule has 2 aromatic rings. The molecule has 0 spiro atoms. The Morgan fingerprint density at radius 3 is 2.60 bits per heavy atom. The van der Waals surface area contributed by atoms with Crippen LogP contribution in [0.4, 0.5) is 0 Å². The fraction of sp³-hybridized carbons (Fsp3) is 0.400. The molecular formula is C15H19BrN2O2. The van der Waals surface area contributed by atoms with Crippen LogP contribution in [0.1, 0.15) is 42.8 Å². The van der Waals surface area contributed by atoms with Gasteiger partial charge in [0.2, 0.25) is 0 Å². The average Bonchev–Trinajstić information content (AvgIpc) is 2.85. The maximum absolute atomic E-state index is 10.7. The van der Waals surface area contributed by atoms with E-state index in [4.69, 9.17) is 4.74 Å². The van der Waals surface area contributed by atoms with Gasteiger partial charge in [-0.3, -0.25) is 4.68 Å². The number of hydrogen-bond donors (Lipinski definition) is 1. The molecule has 1 unspecified atom stereocenters. The maximum Gasteiger partial charge on any atom is 0.163 e. The van der Waals surface area contributed by atoms with Gasteiger partial charge in [-0.2, -0.15) is 5.10 Å². The molecule has 1 aromatic heterocycles. The first-order valence-electron chi connectivity index (χ1n) is 6.51. The van der Waals surface area contributed by atoms with Gasteiger partial charge in [0, 0.05) is 10.5 Å². The number of rotatable bonds is 4. The number of halogens is 1. The first-order chi connectivity index (χ1) is 9.45. The van der Waals surface area contributed by atoms with Crippen molar-refractivity contribution in [1.29, 1.82) is 0 Å². The van der Waals surface area contributed by atoms with Crippen LogP contribution in [0.3, 0.4) is 0 Å². The van der Waals surface area contributed by atoms with E-state index in [0.29, 0.717) is 11.4 Å². The molecule has 1 heterocycles. The van der Waals surface area contributed by atoms with Crippen molar-refractivity contribution in [3.63, 3.8) is 0 Å². The van der Waals surface area contributed by atoms with E-state index >= 15 is 0 Å². The normalized spacial score (nSPS) is 12.8. The molecule has 0 aliphatic rings. The van der Waals surface area contributed by atoms with E-state index < -0.39 is 6.10 Å². The second kappa shape index (κ2) is 5.97. The van der Waals surface area contributed by atoms with Gasteiger partial charge in [-0.15, -0.1) is 0 Å². The molecule has 0 saturated carbocycles. The number of benzene rings is 1. The molecular weight excluding hydrogens is 320 g/mol. The monoisotopic (exact) mass is 338 g/mol. The lowest BCUT2D eigenvalue weighted by Crippen LogP contribution is -2.13. The van der Waals surface area contributed by atoms with Gasteiger partial charge in [-0.05, 0) is 38.0 Å². The summed E-state index contributed by atoms with van der Waals surface area (Å²) in [6.45, 7) is 6.06. The van der Waals surface area contributed by atoms with Crippen molar-refractivity contribution in [2.24, 2.45) is 0 Å². The Labute approximate surface area is 127 Å². The van der Waals surface area contributed by atoms with Crippen LogP contribution in [0.15, 0.2) is 28.9 Å². The van der Waals surface area contributed by atoms with E-state index in [9.17, 15) is 5.11 Å². The molecule has 5 heteroatoms. The van der Waals surface area contributed by atoms with E-state index in [1.807, 2.05) is 39.0 Å². The van der Waals surface area contributed by atoms with Gasteiger partial charge in [0.1, 0.15) is 11.8 Å². The highest BCUT2D eigenvalue weighted by molar-refractivity contribution is 9.10. The molecule has 0 aliphatic carbocycles. The SMILES string of the molecule is COc1cnn(C(C)C)c1C(O)c1ccc(C)c(Br)c1. The number of aliphatic hydroxyl groups excluding tert-OH is 1. The number of methoxy groups -OCH3 is 1. The van der Waals surface area contributed by atoms with Crippen LogP contribution in [0.5, 0.6) is 5.75 Å². The zero-order valence-electron chi connectivity index (χ0n) is 12.1. The van der Waals surface area contributed by atoms with E-state index in [2.05, 4.69) is 21.0 Å². The highest BCUT2D eigenvalue weighted by atomic mass is 79.9. The summed E-state index contributed by atoms with van der Waals surface area (Å²) in [7, 11) is 1.59. The van der Waals surface area contributed by atoms with Crippen LogP contribution < -0.4 is 4.74 Å². The molecule has 108 valence electrons. The van der Waals surface area contributed by atoms with Crippen molar-refractivity contribution in [2.45, 2.75) is 32.9 Å². The standard InChI is InChI=1S/C15H19BrN2O2/c1-9(2)18-14(13(20-4)8-17-18)15(19)11-6-5-10(3)12(16)7-11/h5-9,15,19H,1-4H3. The molecule has 1 atom stereocenters. The smallest absolute Gasteiger partial charge is 0.163 e. The molecule has 0 radical (unpaired) electrons. The maximum atomic E-state index is 10.7. The topological polar surface area (TPSA) is 47.3 Å². The zero-order valence-corrected chi connectivity index (χ0v) is 13.7. The van der Waals surface area contributed by atoms with Gasteiger partial charge in [-0.25, -0.2) is 0 Å². The summed E-state index contributed by atoms with van der Waals surface area (Å²) in [6, 6.07) is 5.97. The van der Waals surface area contributed by atoms with E-state index in [-0.39, 0.29) is 6.04 Å². The Hall–Kier alpha value is -1.33. The predicted molar refractivity (Wildman–Crippen MR) is 82.1 cm³/mol. The predicted octanol–water partition coefficient (Wildman–Crippen LogP) is 3.63. The first kappa shape index (κ1) is 15.1. The van der Waals surface area contributed by atoms with Crippen molar-refractivity contribution in [1.82, 2.24) is 9.78 Å². The number of aryl methyl sites for hydroxylation is 1. The second-order valence-corrected chi connectivity index (χ2v) is 5.90. The molecule has 0 bridgehead atoms. The van der Waals surface area contributed by atoms with Gasteiger partial charge in [0.15, 0.2) is 5.75 Å². The molecule has 0 fully saturated rings. The lowest BCUT2D eigenvalue weighted by atomic mass is 10.0. The molecule has 4 nitrogen and oxygen atoms in total.